The van der Waals surface area contributed by atoms with Crippen LogP contribution in [-0.4, -0.2) is 5.78 Å². The quantitative estimate of drug-likeness (QED) is 0.749. The summed E-state index contributed by atoms with van der Waals surface area (Å²) in [7, 11) is 0. The highest BCUT2D eigenvalue weighted by Gasteiger charge is 2.13. The SMILES string of the molecule is CC(=O)c1cccc(F)c1Sc1ccc(Cl)cc1. The van der Waals surface area contributed by atoms with Gasteiger partial charge in [-0.25, -0.2) is 4.39 Å². The van der Waals surface area contributed by atoms with Gasteiger partial charge >= 0.3 is 0 Å². The molecule has 0 aliphatic heterocycles. The van der Waals surface area contributed by atoms with Gasteiger partial charge < -0.3 is 0 Å². The summed E-state index contributed by atoms with van der Waals surface area (Å²) in [4.78, 5) is 12.7. The molecule has 0 N–H and O–H groups in total. The van der Waals surface area contributed by atoms with Gasteiger partial charge in [-0.05, 0) is 37.3 Å². The number of rotatable bonds is 3. The number of carbonyl (C=O) groups is 1. The van der Waals surface area contributed by atoms with Crippen molar-refractivity contribution in [3.05, 3.63) is 58.9 Å². The van der Waals surface area contributed by atoms with Crippen LogP contribution in [0.15, 0.2) is 52.3 Å². The van der Waals surface area contributed by atoms with E-state index in [1.807, 2.05) is 0 Å². The minimum Gasteiger partial charge on any atom is -0.294 e. The third-order valence-corrected chi connectivity index (χ3v) is 3.76. The van der Waals surface area contributed by atoms with E-state index in [1.165, 1.54) is 30.8 Å². The Morgan fingerprint density at radius 3 is 2.44 bits per heavy atom. The second-order valence-corrected chi connectivity index (χ2v) is 5.25. The Kier molecular flexibility index (Phi) is 4.04. The van der Waals surface area contributed by atoms with Crippen molar-refractivity contribution in [1.82, 2.24) is 0 Å². The highest BCUT2D eigenvalue weighted by atomic mass is 35.5. The summed E-state index contributed by atoms with van der Waals surface area (Å²) in [6.07, 6.45) is 0. The van der Waals surface area contributed by atoms with Crippen LogP contribution in [0.25, 0.3) is 0 Å². The van der Waals surface area contributed by atoms with E-state index >= 15 is 0 Å². The molecule has 2 rings (SSSR count). The van der Waals surface area contributed by atoms with E-state index in [9.17, 15) is 9.18 Å². The van der Waals surface area contributed by atoms with Crippen molar-refractivity contribution < 1.29 is 9.18 Å². The van der Waals surface area contributed by atoms with Gasteiger partial charge in [0.1, 0.15) is 5.82 Å². The average Bonchev–Trinajstić information content (AvgIpc) is 2.34. The first-order chi connectivity index (χ1) is 8.58. The summed E-state index contributed by atoms with van der Waals surface area (Å²) in [5.41, 5.74) is 0.398. The Bertz CT molecular complexity index is 581. The Labute approximate surface area is 114 Å². The monoisotopic (exact) mass is 280 g/mol. The van der Waals surface area contributed by atoms with Gasteiger partial charge in [-0.2, -0.15) is 0 Å². The molecule has 0 atom stereocenters. The summed E-state index contributed by atoms with van der Waals surface area (Å²) < 4.78 is 13.8. The summed E-state index contributed by atoms with van der Waals surface area (Å²) in [5, 5.41) is 0.625. The smallest absolute Gasteiger partial charge is 0.161 e. The first-order valence-electron chi connectivity index (χ1n) is 5.31. The maximum absolute atomic E-state index is 13.8. The van der Waals surface area contributed by atoms with Crippen LogP contribution in [0.3, 0.4) is 0 Å². The van der Waals surface area contributed by atoms with Crippen molar-refractivity contribution in [2.45, 2.75) is 16.7 Å². The summed E-state index contributed by atoms with van der Waals surface area (Å²) in [6, 6.07) is 11.6. The zero-order valence-electron chi connectivity index (χ0n) is 9.61. The molecule has 0 aromatic heterocycles. The summed E-state index contributed by atoms with van der Waals surface area (Å²) in [6.45, 7) is 1.43. The van der Waals surface area contributed by atoms with Crippen LogP contribution in [0.2, 0.25) is 5.02 Å². The van der Waals surface area contributed by atoms with Gasteiger partial charge in [0.2, 0.25) is 0 Å². The zero-order valence-corrected chi connectivity index (χ0v) is 11.2. The van der Waals surface area contributed by atoms with E-state index < -0.39 is 0 Å². The maximum atomic E-state index is 13.8. The second-order valence-electron chi connectivity index (χ2n) is 3.73. The number of carbonyl (C=O) groups excluding carboxylic acids is 1. The Morgan fingerprint density at radius 2 is 1.83 bits per heavy atom. The Morgan fingerprint density at radius 1 is 1.17 bits per heavy atom. The molecule has 0 aliphatic carbocycles. The normalized spacial score (nSPS) is 10.4. The predicted molar refractivity (Wildman–Crippen MR) is 72.0 cm³/mol. The maximum Gasteiger partial charge on any atom is 0.161 e. The molecule has 0 spiro atoms. The Hall–Kier alpha value is -1.32. The van der Waals surface area contributed by atoms with Crippen molar-refractivity contribution in [3.63, 3.8) is 0 Å². The van der Waals surface area contributed by atoms with Crippen LogP contribution in [0.5, 0.6) is 0 Å². The van der Waals surface area contributed by atoms with Crippen LogP contribution in [0.1, 0.15) is 17.3 Å². The van der Waals surface area contributed by atoms with Crippen molar-refractivity contribution in [3.8, 4) is 0 Å². The molecule has 92 valence electrons. The fourth-order valence-corrected chi connectivity index (χ4v) is 2.63. The molecule has 0 heterocycles. The minimum atomic E-state index is -0.386. The van der Waals surface area contributed by atoms with Gasteiger partial charge in [0.25, 0.3) is 0 Å². The molecular formula is C14H10ClFOS. The Balaban J connectivity index is 2.39. The van der Waals surface area contributed by atoms with E-state index in [0.29, 0.717) is 15.5 Å². The van der Waals surface area contributed by atoms with Crippen molar-refractivity contribution in [2.75, 3.05) is 0 Å². The molecule has 0 saturated carbocycles. The van der Waals surface area contributed by atoms with Gasteiger partial charge in [0.15, 0.2) is 5.78 Å². The number of ketones is 1. The highest BCUT2D eigenvalue weighted by Crippen LogP contribution is 2.33. The largest absolute Gasteiger partial charge is 0.294 e. The standard InChI is InChI=1S/C14H10ClFOS/c1-9(17)12-3-2-4-13(16)14(12)18-11-7-5-10(15)6-8-11/h2-8H,1H3. The van der Waals surface area contributed by atoms with Crippen LogP contribution >= 0.6 is 23.4 Å². The number of hydrogen-bond donors (Lipinski definition) is 0. The molecule has 0 saturated heterocycles. The lowest BCUT2D eigenvalue weighted by atomic mass is 10.1. The molecule has 0 amide bonds. The lowest BCUT2D eigenvalue weighted by Crippen LogP contribution is -1.97. The highest BCUT2D eigenvalue weighted by molar-refractivity contribution is 7.99. The van der Waals surface area contributed by atoms with E-state index in [2.05, 4.69) is 0 Å². The van der Waals surface area contributed by atoms with E-state index in [4.69, 9.17) is 11.6 Å². The number of halogens is 2. The molecule has 1 nitrogen and oxygen atoms in total. The molecule has 2 aromatic carbocycles. The molecule has 0 bridgehead atoms. The van der Waals surface area contributed by atoms with Crippen molar-refractivity contribution in [1.29, 1.82) is 0 Å². The second kappa shape index (κ2) is 5.55. The van der Waals surface area contributed by atoms with Gasteiger partial charge in [-0.3, -0.25) is 4.79 Å². The zero-order chi connectivity index (χ0) is 13.1. The lowest BCUT2D eigenvalue weighted by molar-refractivity contribution is 0.101. The molecule has 4 heteroatoms. The van der Waals surface area contributed by atoms with Gasteiger partial charge in [-0.15, -0.1) is 0 Å². The minimum absolute atomic E-state index is 0.147. The third-order valence-electron chi connectivity index (χ3n) is 2.38. The number of benzene rings is 2. The fourth-order valence-electron chi connectivity index (χ4n) is 1.51. The first kappa shape index (κ1) is 13.1. The number of Topliss-reactive ketones (excluding diaryl/α,β-unsaturated/α-hetero) is 1. The third kappa shape index (κ3) is 2.92. The van der Waals surface area contributed by atoms with Gasteiger partial charge in [0, 0.05) is 15.5 Å². The molecular weight excluding hydrogens is 271 g/mol. The fraction of sp³-hybridized carbons (Fsp3) is 0.0714. The molecule has 18 heavy (non-hydrogen) atoms. The van der Waals surface area contributed by atoms with Crippen molar-refractivity contribution >= 4 is 29.1 Å². The lowest BCUT2D eigenvalue weighted by Gasteiger charge is -2.07. The van der Waals surface area contributed by atoms with Crippen LogP contribution < -0.4 is 0 Å². The molecule has 2 aromatic rings. The predicted octanol–water partition coefficient (Wildman–Crippen LogP) is 4.83. The summed E-state index contributed by atoms with van der Waals surface area (Å²) in [5.74, 6) is -0.534. The van der Waals surface area contributed by atoms with Crippen LogP contribution in [-0.2, 0) is 0 Å². The average molecular weight is 281 g/mol. The van der Waals surface area contributed by atoms with Gasteiger partial charge in [-0.1, -0.05) is 35.5 Å². The van der Waals surface area contributed by atoms with Gasteiger partial charge in [0.05, 0.1) is 4.90 Å². The molecule has 0 aliphatic rings. The van der Waals surface area contributed by atoms with Crippen LogP contribution in [0.4, 0.5) is 4.39 Å². The van der Waals surface area contributed by atoms with E-state index in [1.54, 1.807) is 30.3 Å². The van der Waals surface area contributed by atoms with Crippen molar-refractivity contribution in [2.24, 2.45) is 0 Å². The molecule has 0 unspecified atom stereocenters. The van der Waals surface area contributed by atoms with E-state index in [0.717, 1.165) is 4.90 Å². The first-order valence-corrected chi connectivity index (χ1v) is 6.50. The van der Waals surface area contributed by atoms with Crippen LogP contribution in [0, 0.1) is 5.82 Å². The van der Waals surface area contributed by atoms with E-state index in [-0.39, 0.29) is 11.6 Å². The summed E-state index contributed by atoms with van der Waals surface area (Å²) >= 11 is 7.01. The molecule has 0 fully saturated rings. The number of hydrogen-bond acceptors (Lipinski definition) is 2. The molecule has 0 radical (unpaired) electrons. The topological polar surface area (TPSA) is 17.1 Å².